The van der Waals surface area contributed by atoms with Crippen LogP contribution in [0.5, 0.6) is 0 Å². The van der Waals surface area contributed by atoms with Gasteiger partial charge in [-0.25, -0.2) is 8.78 Å². The molecule has 10 rings (SSSR count). The number of nitrogens with one attached hydrogen (secondary N) is 2. The molecule has 0 aliphatic heterocycles. The Morgan fingerprint density at radius 3 is 1.08 bits per heavy atom. The van der Waals surface area contributed by atoms with Crippen molar-refractivity contribution in [2.75, 3.05) is 32.2 Å². The van der Waals surface area contributed by atoms with Gasteiger partial charge in [0.25, 0.3) is 34.1 Å². The molecular weight excluding hydrogens is 1620 g/mol. The SMILES string of the molecule is CC.CC(=O)OC[C@@H](C)n1ccc2c(C(=O)NCc3ccc(C(F)(F)F)c(F)c3)c(Cl)ccc2c1=O.CC(=O)OC[C@@H](C)n1ccc2c(I)c(Cl)ccc2c1=O.CC(=O)OC[C@@H](C)n1ccc2c(N)c(Cl)ccc2c1=O.C[C@H](CO)n1ccc2c(C(=O)NCc3ccc(C(F)(F)F)c(F)c3)c(Cl)ccc2c1=O. The van der Waals surface area contributed by atoms with Crippen LogP contribution in [0.15, 0.2) is 153 Å². The van der Waals surface area contributed by atoms with Crippen LogP contribution in [0.3, 0.4) is 0 Å². The lowest BCUT2D eigenvalue weighted by Gasteiger charge is -2.17. The summed E-state index contributed by atoms with van der Waals surface area (Å²) in [6, 6.07) is 22.3. The summed E-state index contributed by atoms with van der Waals surface area (Å²) in [7, 11) is 0. The van der Waals surface area contributed by atoms with Crippen molar-refractivity contribution in [2.24, 2.45) is 0 Å². The number of benzene rings is 6. The number of amides is 2. The van der Waals surface area contributed by atoms with Crippen molar-refractivity contribution >= 4 is 147 Å². The van der Waals surface area contributed by atoms with Crippen LogP contribution < -0.4 is 38.6 Å². The molecule has 0 aliphatic carbocycles. The van der Waals surface area contributed by atoms with Crippen molar-refractivity contribution in [3.63, 3.8) is 0 Å². The topological polar surface area (TPSA) is 271 Å². The number of aliphatic hydroxyl groups excluding tert-OH is 1. The van der Waals surface area contributed by atoms with Gasteiger partial charge in [0, 0.05) is 105 Å². The number of nitrogens with two attached hydrogens (primary N) is 1. The molecule has 4 heterocycles. The number of anilines is 1. The molecule has 0 bridgehead atoms. The molecule has 4 aromatic heterocycles. The molecule has 0 saturated heterocycles. The maximum atomic E-state index is 13.8. The molecule has 6 aromatic carbocycles. The first-order valence-electron chi connectivity index (χ1n) is 32.3. The highest BCUT2D eigenvalue weighted by atomic mass is 127. The van der Waals surface area contributed by atoms with E-state index in [1.54, 1.807) is 68.1 Å². The molecular formula is C74H70Cl4F8IN7O13. The molecule has 570 valence electrons. The predicted octanol–water partition coefficient (Wildman–Crippen LogP) is 15.9. The van der Waals surface area contributed by atoms with Crippen LogP contribution in [0.25, 0.3) is 43.1 Å². The number of hydrogen-bond donors (Lipinski definition) is 4. The van der Waals surface area contributed by atoms with E-state index in [0.717, 1.165) is 21.1 Å². The smallest absolute Gasteiger partial charge is 0.419 e. The summed E-state index contributed by atoms with van der Waals surface area (Å²) in [4.78, 5) is 109. The predicted molar refractivity (Wildman–Crippen MR) is 402 cm³/mol. The van der Waals surface area contributed by atoms with E-state index < -0.39 is 76.1 Å². The third-order valence-corrected chi connectivity index (χ3v) is 18.8. The highest BCUT2D eigenvalue weighted by molar-refractivity contribution is 14.1. The highest BCUT2D eigenvalue weighted by Crippen LogP contribution is 2.35. The van der Waals surface area contributed by atoms with E-state index in [1.165, 1.54) is 83.3 Å². The first-order chi connectivity index (χ1) is 50.3. The van der Waals surface area contributed by atoms with Crippen molar-refractivity contribution in [2.45, 2.75) is 112 Å². The van der Waals surface area contributed by atoms with Gasteiger partial charge in [-0.05, 0) is 158 Å². The van der Waals surface area contributed by atoms with Gasteiger partial charge in [0.15, 0.2) is 0 Å². The van der Waals surface area contributed by atoms with Crippen LogP contribution >= 0.6 is 69.0 Å². The van der Waals surface area contributed by atoms with Crippen molar-refractivity contribution in [3.8, 4) is 0 Å². The van der Waals surface area contributed by atoms with Crippen LogP contribution in [0.1, 0.15) is 129 Å². The van der Waals surface area contributed by atoms with E-state index >= 15 is 0 Å². The summed E-state index contributed by atoms with van der Waals surface area (Å²) < 4.78 is 125. The maximum Gasteiger partial charge on any atom is 0.419 e. The number of hydrogen-bond acceptors (Lipinski definition) is 14. The van der Waals surface area contributed by atoms with Gasteiger partial charge in [-0.3, -0.25) is 43.2 Å². The minimum Gasteiger partial charge on any atom is -0.464 e. The molecule has 5 N–H and O–H groups in total. The van der Waals surface area contributed by atoms with Gasteiger partial charge in [0.2, 0.25) is 0 Å². The third kappa shape index (κ3) is 21.7. The lowest BCUT2D eigenvalue weighted by Crippen LogP contribution is -2.27. The third-order valence-electron chi connectivity index (χ3n) is 16.0. The molecule has 0 saturated carbocycles. The first-order valence-corrected chi connectivity index (χ1v) is 34.9. The summed E-state index contributed by atoms with van der Waals surface area (Å²) in [6.45, 7) is 14.4. The van der Waals surface area contributed by atoms with Crippen molar-refractivity contribution in [1.29, 1.82) is 0 Å². The van der Waals surface area contributed by atoms with Crippen LogP contribution in [0, 0.1) is 15.2 Å². The summed E-state index contributed by atoms with van der Waals surface area (Å²) >= 11 is 26.5. The van der Waals surface area contributed by atoms with Crippen molar-refractivity contribution in [3.05, 3.63) is 244 Å². The number of halogens is 13. The Labute approximate surface area is 639 Å². The van der Waals surface area contributed by atoms with Gasteiger partial charge in [-0.1, -0.05) is 72.4 Å². The second-order valence-electron chi connectivity index (χ2n) is 23.6. The fourth-order valence-corrected chi connectivity index (χ4v) is 12.0. The molecule has 10 aromatic rings. The number of nitrogen functional groups attached to an aromatic ring is 1. The Morgan fingerprint density at radius 2 is 0.757 bits per heavy atom. The largest absolute Gasteiger partial charge is 0.464 e. The molecule has 2 amide bonds. The van der Waals surface area contributed by atoms with Gasteiger partial charge in [0.1, 0.15) is 31.5 Å². The number of fused-ring (bicyclic) bond motifs is 4. The molecule has 0 unspecified atom stereocenters. The van der Waals surface area contributed by atoms with E-state index in [2.05, 4.69) is 33.2 Å². The number of aliphatic hydroxyl groups is 1. The Morgan fingerprint density at radius 1 is 0.458 bits per heavy atom. The van der Waals surface area contributed by atoms with Gasteiger partial charge in [-0.15, -0.1) is 0 Å². The maximum absolute atomic E-state index is 13.8. The highest BCUT2D eigenvalue weighted by Gasteiger charge is 2.35. The van der Waals surface area contributed by atoms with Gasteiger partial charge in [0.05, 0.1) is 78.8 Å². The molecule has 20 nitrogen and oxygen atoms in total. The number of alkyl halides is 6. The van der Waals surface area contributed by atoms with E-state index in [-0.39, 0.29) is 129 Å². The minimum atomic E-state index is -4.83. The minimum absolute atomic E-state index is 0.00690. The summed E-state index contributed by atoms with van der Waals surface area (Å²) in [6.07, 6.45) is -3.43. The fraction of sp³-hybridized carbons (Fsp3) is 0.284. The number of pyridine rings is 4. The van der Waals surface area contributed by atoms with E-state index in [1.807, 2.05) is 26.8 Å². The molecule has 107 heavy (non-hydrogen) atoms. The average Bonchev–Trinajstić information content (AvgIpc) is 0.792. The zero-order valence-corrected chi connectivity index (χ0v) is 63.6. The Bertz CT molecular complexity index is 5120. The zero-order chi connectivity index (χ0) is 79.9. The number of rotatable bonds is 17. The number of carbonyl (C=O) groups excluding carboxylic acids is 5. The Hall–Kier alpha value is -9.40. The Kier molecular flexibility index (Phi) is 30.7. The van der Waals surface area contributed by atoms with Crippen LogP contribution in [0.4, 0.5) is 40.8 Å². The second-order valence-corrected chi connectivity index (χ2v) is 26.3. The summed E-state index contributed by atoms with van der Waals surface area (Å²) in [5.74, 6) is -5.48. The van der Waals surface area contributed by atoms with Gasteiger partial charge in [-0.2, -0.15) is 26.3 Å². The molecule has 0 fully saturated rings. The summed E-state index contributed by atoms with van der Waals surface area (Å²) in [5.41, 5.74) is 2.51. The molecule has 4 atom stereocenters. The van der Waals surface area contributed by atoms with Crippen molar-refractivity contribution in [1.82, 2.24) is 28.9 Å². The normalized spacial score (nSPS) is 12.3. The molecule has 33 heteroatoms. The average molecular weight is 1690 g/mol. The summed E-state index contributed by atoms with van der Waals surface area (Å²) in [5, 5.41) is 18.9. The molecule has 0 spiro atoms. The number of nitrogens with zero attached hydrogens (tertiary/aromatic N) is 4. The molecule has 0 radical (unpaired) electrons. The van der Waals surface area contributed by atoms with E-state index in [0.29, 0.717) is 56.2 Å². The lowest BCUT2D eigenvalue weighted by atomic mass is 10.0. The number of aromatic nitrogens is 4. The Balaban J connectivity index is 0.000000227. The van der Waals surface area contributed by atoms with Crippen LogP contribution in [-0.4, -0.2) is 79.5 Å². The lowest BCUT2D eigenvalue weighted by molar-refractivity contribution is -0.142. The van der Waals surface area contributed by atoms with Crippen LogP contribution in [0.2, 0.25) is 20.1 Å². The molecule has 0 aliphatic rings. The number of ether oxygens (including phenoxy) is 3. The first kappa shape index (κ1) is 86.5. The quantitative estimate of drug-likeness (QED) is 0.0217. The van der Waals surface area contributed by atoms with Gasteiger partial charge >= 0.3 is 30.3 Å². The van der Waals surface area contributed by atoms with Crippen LogP contribution in [-0.2, 0) is 54.0 Å². The van der Waals surface area contributed by atoms with E-state index in [4.69, 9.17) is 66.3 Å². The number of carbonyl (C=O) groups is 5. The van der Waals surface area contributed by atoms with Gasteiger partial charge < -0.3 is 54.0 Å². The van der Waals surface area contributed by atoms with Crippen molar-refractivity contribution < 1.29 is 78.4 Å². The number of esters is 3. The standard InChI is InChI=1S/C23H19ClF4N2O4.C21H17ClF4N2O3.C14H13ClINO3.C14H15ClN2O3.C2H6/c1-12(11-34-13(2)31)30-8-7-15-16(22(30)33)4-6-18(24)20(15)21(32)29-10-14-3-5-17(19(25)9-14)23(26,27)28;1-11(10-29)28-7-6-13-14(20(28)31)3-5-16(22)18(13)19(30)27-9-12-2-4-15(17(23)8-12)21(24,25)26;2*1-8(7-20-9(2)18)17-6-5-10-11(14(17)19)3-4-12(15)13(10)16;1-2/h3-9,12H,10-11H2,1-2H3,(H,29,32);2-8,11,29H,9-10H2,1H3,(H,27,30);3-6,8H,7H2,1-2H3;3-6,8H,7,16H2,1-2H3;1-2H3/t12-;11-;2*8-;/m1111./s1. The monoisotopic (exact) mass is 1680 g/mol. The zero-order valence-electron chi connectivity index (χ0n) is 58.4. The fourth-order valence-electron chi connectivity index (χ4n) is 10.5. The van der Waals surface area contributed by atoms with E-state index in [9.17, 15) is 83.4 Å². The second kappa shape index (κ2) is 37.9.